The summed E-state index contributed by atoms with van der Waals surface area (Å²) in [6.07, 6.45) is 0.488. The second kappa shape index (κ2) is 6.88. The predicted molar refractivity (Wildman–Crippen MR) is 110 cm³/mol. The van der Waals surface area contributed by atoms with Crippen LogP contribution in [-0.4, -0.2) is 17.8 Å². The van der Waals surface area contributed by atoms with Crippen molar-refractivity contribution in [3.63, 3.8) is 0 Å². The standard InChI is InChI=1S/C23H19ClN2O2/c1-27-16-12-10-15(11-13-16)23-26-21(18-7-3-5-9-22(18)28-23)14-20(25-26)17-6-2-4-8-19(17)24/h2-13,21,23H,14H2,1H3. The van der Waals surface area contributed by atoms with Gasteiger partial charge in [-0.05, 0) is 36.4 Å². The van der Waals surface area contributed by atoms with E-state index in [1.54, 1.807) is 7.11 Å². The molecular weight excluding hydrogens is 372 g/mol. The van der Waals surface area contributed by atoms with Gasteiger partial charge in [-0.3, -0.25) is 0 Å². The van der Waals surface area contributed by atoms with E-state index in [-0.39, 0.29) is 12.3 Å². The van der Waals surface area contributed by atoms with Crippen molar-refractivity contribution in [3.8, 4) is 11.5 Å². The molecule has 2 atom stereocenters. The summed E-state index contributed by atoms with van der Waals surface area (Å²) < 4.78 is 11.7. The number of methoxy groups -OCH3 is 1. The topological polar surface area (TPSA) is 34.1 Å². The Bertz CT molecular complexity index is 1050. The van der Waals surface area contributed by atoms with Crippen LogP contribution in [-0.2, 0) is 0 Å². The highest BCUT2D eigenvalue weighted by atomic mass is 35.5. The van der Waals surface area contributed by atoms with Gasteiger partial charge in [-0.2, -0.15) is 5.10 Å². The van der Waals surface area contributed by atoms with Gasteiger partial charge in [-0.1, -0.05) is 48.0 Å². The Hall–Kier alpha value is -2.98. The van der Waals surface area contributed by atoms with Crippen molar-refractivity contribution in [2.45, 2.75) is 18.7 Å². The number of hydrazone groups is 1. The van der Waals surface area contributed by atoms with E-state index in [1.807, 2.05) is 66.7 Å². The minimum absolute atomic E-state index is 0.114. The number of fused-ring (bicyclic) bond motifs is 3. The summed E-state index contributed by atoms with van der Waals surface area (Å²) in [6, 6.07) is 24.1. The van der Waals surface area contributed by atoms with Crippen LogP contribution >= 0.6 is 11.6 Å². The van der Waals surface area contributed by atoms with E-state index in [1.165, 1.54) is 0 Å². The molecule has 2 heterocycles. The maximum atomic E-state index is 6.44. The van der Waals surface area contributed by atoms with Gasteiger partial charge in [0.05, 0.1) is 18.9 Å². The molecule has 28 heavy (non-hydrogen) atoms. The monoisotopic (exact) mass is 390 g/mol. The molecule has 0 bridgehead atoms. The van der Waals surface area contributed by atoms with Crippen LogP contribution in [0.5, 0.6) is 11.5 Å². The van der Waals surface area contributed by atoms with Gasteiger partial charge < -0.3 is 9.47 Å². The zero-order valence-corrected chi connectivity index (χ0v) is 16.1. The average molecular weight is 391 g/mol. The molecule has 2 aliphatic heterocycles. The van der Waals surface area contributed by atoms with E-state index in [4.69, 9.17) is 26.2 Å². The Morgan fingerprint density at radius 3 is 2.54 bits per heavy atom. The highest BCUT2D eigenvalue weighted by Gasteiger charge is 2.41. The number of hydrogen-bond donors (Lipinski definition) is 0. The first kappa shape index (κ1) is 17.1. The first-order valence-electron chi connectivity index (χ1n) is 9.25. The molecule has 0 radical (unpaired) electrons. The van der Waals surface area contributed by atoms with Crippen molar-refractivity contribution in [2.75, 3.05) is 7.11 Å². The van der Waals surface area contributed by atoms with Gasteiger partial charge in [0, 0.05) is 28.1 Å². The molecule has 2 aliphatic rings. The van der Waals surface area contributed by atoms with Crippen LogP contribution in [0.3, 0.4) is 0 Å². The van der Waals surface area contributed by atoms with Crippen LogP contribution in [0.4, 0.5) is 0 Å². The molecule has 0 fully saturated rings. The van der Waals surface area contributed by atoms with E-state index < -0.39 is 0 Å². The summed E-state index contributed by atoms with van der Waals surface area (Å²) in [4.78, 5) is 0. The second-order valence-electron chi connectivity index (χ2n) is 6.91. The molecule has 0 N–H and O–H groups in total. The van der Waals surface area contributed by atoms with Gasteiger partial charge in [0.2, 0.25) is 6.23 Å². The SMILES string of the molecule is COc1ccc(C2Oc3ccccc3C3CC(c4ccccc4Cl)=NN32)cc1. The first-order valence-corrected chi connectivity index (χ1v) is 9.62. The third kappa shape index (κ3) is 2.81. The number of halogens is 1. The quantitative estimate of drug-likeness (QED) is 0.584. The van der Waals surface area contributed by atoms with E-state index in [0.717, 1.165) is 45.3 Å². The fraction of sp³-hybridized carbons (Fsp3) is 0.174. The number of hydrogen-bond acceptors (Lipinski definition) is 4. The van der Waals surface area contributed by atoms with Crippen molar-refractivity contribution >= 4 is 17.3 Å². The lowest BCUT2D eigenvalue weighted by Crippen LogP contribution is -2.33. The van der Waals surface area contributed by atoms with Gasteiger partial charge >= 0.3 is 0 Å². The number of ether oxygens (including phenoxy) is 2. The Labute approximate surface area is 169 Å². The molecule has 3 aromatic rings. The zero-order valence-electron chi connectivity index (χ0n) is 15.4. The first-order chi connectivity index (χ1) is 13.7. The normalized spacial score (nSPS) is 20.1. The minimum Gasteiger partial charge on any atom is -0.497 e. The smallest absolute Gasteiger partial charge is 0.213 e. The highest BCUT2D eigenvalue weighted by molar-refractivity contribution is 6.34. The van der Waals surface area contributed by atoms with Gasteiger partial charge in [-0.15, -0.1) is 0 Å². The third-order valence-corrected chi connectivity index (χ3v) is 5.61. The van der Waals surface area contributed by atoms with Crippen molar-refractivity contribution in [2.24, 2.45) is 5.10 Å². The van der Waals surface area contributed by atoms with E-state index in [9.17, 15) is 0 Å². The molecule has 0 saturated carbocycles. The van der Waals surface area contributed by atoms with Crippen LogP contribution in [0.2, 0.25) is 5.02 Å². The summed E-state index contributed by atoms with van der Waals surface area (Å²) in [5.41, 5.74) is 4.14. The van der Waals surface area contributed by atoms with Crippen LogP contribution < -0.4 is 9.47 Å². The van der Waals surface area contributed by atoms with Crippen LogP contribution in [0.1, 0.15) is 35.4 Å². The molecule has 5 heteroatoms. The summed E-state index contributed by atoms with van der Waals surface area (Å²) in [7, 11) is 1.67. The van der Waals surface area contributed by atoms with Gasteiger partial charge in [0.1, 0.15) is 11.5 Å². The molecule has 0 spiro atoms. The summed E-state index contributed by atoms with van der Waals surface area (Å²) >= 11 is 6.44. The Morgan fingerprint density at radius 2 is 1.75 bits per heavy atom. The second-order valence-corrected chi connectivity index (χ2v) is 7.31. The van der Waals surface area contributed by atoms with Crippen LogP contribution in [0, 0.1) is 0 Å². The highest BCUT2D eigenvalue weighted by Crippen LogP contribution is 2.47. The predicted octanol–water partition coefficient (Wildman–Crippen LogP) is 5.59. The largest absolute Gasteiger partial charge is 0.497 e. The summed E-state index contributed by atoms with van der Waals surface area (Å²) in [6.45, 7) is 0. The molecular formula is C23H19ClN2O2. The number of benzene rings is 3. The number of para-hydroxylation sites is 1. The maximum absolute atomic E-state index is 6.44. The molecule has 0 amide bonds. The lowest BCUT2D eigenvalue weighted by molar-refractivity contribution is -0.0190. The number of nitrogens with zero attached hydrogens (tertiary/aromatic N) is 2. The summed E-state index contributed by atoms with van der Waals surface area (Å²) in [5.74, 6) is 1.72. The Kier molecular flexibility index (Phi) is 4.21. The molecule has 0 saturated heterocycles. The average Bonchev–Trinajstić information content (AvgIpc) is 3.19. The van der Waals surface area contributed by atoms with Gasteiger partial charge in [-0.25, -0.2) is 5.01 Å². The van der Waals surface area contributed by atoms with Gasteiger partial charge in [0.25, 0.3) is 0 Å². The lowest BCUT2D eigenvalue weighted by Gasteiger charge is -2.38. The Morgan fingerprint density at radius 1 is 1.00 bits per heavy atom. The maximum Gasteiger partial charge on any atom is 0.213 e. The summed E-state index contributed by atoms with van der Waals surface area (Å²) in [5, 5.41) is 7.73. The van der Waals surface area contributed by atoms with Crippen LogP contribution in [0.25, 0.3) is 0 Å². The Balaban J connectivity index is 1.59. The number of rotatable bonds is 3. The zero-order chi connectivity index (χ0) is 19.1. The van der Waals surface area contributed by atoms with Crippen molar-refractivity contribution in [1.82, 2.24) is 5.01 Å². The van der Waals surface area contributed by atoms with Gasteiger partial charge in [0.15, 0.2) is 0 Å². The minimum atomic E-state index is -0.300. The fourth-order valence-corrected chi connectivity index (χ4v) is 4.13. The van der Waals surface area contributed by atoms with Crippen molar-refractivity contribution in [3.05, 3.63) is 94.5 Å². The molecule has 5 rings (SSSR count). The van der Waals surface area contributed by atoms with Crippen molar-refractivity contribution < 1.29 is 9.47 Å². The van der Waals surface area contributed by atoms with Crippen molar-refractivity contribution in [1.29, 1.82) is 0 Å². The molecule has 4 nitrogen and oxygen atoms in total. The van der Waals surface area contributed by atoms with Crippen LogP contribution in [0.15, 0.2) is 77.9 Å². The third-order valence-electron chi connectivity index (χ3n) is 5.28. The molecule has 140 valence electrons. The molecule has 2 unspecified atom stereocenters. The fourth-order valence-electron chi connectivity index (χ4n) is 3.88. The van der Waals surface area contributed by atoms with E-state index >= 15 is 0 Å². The molecule has 3 aromatic carbocycles. The lowest BCUT2D eigenvalue weighted by atomic mass is 9.96. The van der Waals surface area contributed by atoms with E-state index in [2.05, 4.69) is 11.1 Å². The molecule has 0 aliphatic carbocycles. The molecule has 0 aromatic heterocycles. The van der Waals surface area contributed by atoms with E-state index in [0.29, 0.717) is 0 Å².